The fraction of sp³-hybridized carbons (Fsp3) is 0.400. The number of hydrogen-bond acceptors (Lipinski definition) is 1. The second kappa shape index (κ2) is 2.57. The van der Waals surface area contributed by atoms with Gasteiger partial charge in [0.25, 0.3) is 0 Å². The van der Waals surface area contributed by atoms with E-state index in [1.807, 2.05) is 0 Å². The molecule has 0 bridgehead atoms. The summed E-state index contributed by atoms with van der Waals surface area (Å²) < 4.78 is 5.48. The van der Waals surface area contributed by atoms with Gasteiger partial charge >= 0.3 is 0 Å². The van der Waals surface area contributed by atoms with Crippen LogP contribution in [0.1, 0.15) is 19.8 Å². The van der Waals surface area contributed by atoms with Gasteiger partial charge in [0.05, 0.1) is 0 Å². The third-order valence-corrected chi connectivity index (χ3v) is 2.12. The van der Waals surface area contributed by atoms with E-state index < -0.39 is 0 Å². The molecule has 58 valence electrons. The van der Waals surface area contributed by atoms with Crippen molar-refractivity contribution < 1.29 is 4.74 Å². The summed E-state index contributed by atoms with van der Waals surface area (Å²) in [6, 6.07) is 0. The summed E-state index contributed by atoms with van der Waals surface area (Å²) in [6.07, 6.45) is 8.68. The number of allylic oxidation sites excluding steroid dienone is 5. The van der Waals surface area contributed by atoms with Gasteiger partial charge in [0, 0.05) is 12.0 Å². The van der Waals surface area contributed by atoms with E-state index in [0.29, 0.717) is 0 Å². The molecule has 2 rings (SSSR count). The van der Waals surface area contributed by atoms with Crippen LogP contribution >= 0.6 is 0 Å². The minimum absolute atomic E-state index is 0.756. The normalized spacial score (nSPS) is 22.5. The summed E-state index contributed by atoms with van der Waals surface area (Å²) in [5.41, 5.74) is 2.74. The third kappa shape index (κ3) is 1.23. The standard InChI is InChI=1S/C10H12O/c1-8-4-5-10-9(7-8)3-2-6-11-10/h2-3,7H,4-6H2,1H3. The Morgan fingerprint density at radius 1 is 1.36 bits per heavy atom. The molecule has 2 aliphatic rings. The molecule has 0 N–H and O–H groups in total. The van der Waals surface area contributed by atoms with Crippen molar-refractivity contribution >= 4 is 0 Å². The number of rotatable bonds is 0. The summed E-state index contributed by atoms with van der Waals surface area (Å²) >= 11 is 0. The van der Waals surface area contributed by atoms with Crippen LogP contribution in [0.5, 0.6) is 0 Å². The highest BCUT2D eigenvalue weighted by Crippen LogP contribution is 2.27. The Labute approximate surface area is 67.1 Å². The zero-order valence-electron chi connectivity index (χ0n) is 6.76. The molecule has 1 aliphatic heterocycles. The summed E-state index contributed by atoms with van der Waals surface area (Å²) in [4.78, 5) is 0. The first-order valence-corrected chi connectivity index (χ1v) is 4.06. The lowest BCUT2D eigenvalue weighted by Gasteiger charge is -2.19. The van der Waals surface area contributed by atoms with E-state index in [1.54, 1.807) is 0 Å². The molecular weight excluding hydrogens is 136 g/mol. The van der Waals surface area contributed by atoms with Crippen LogP contribution in [0, 0.1) is 0 Å². The van der Waals surface area contributed by atoms with E-state index >= 15 is 0 Å². The molecule has 0 spiro atoms. The van der Waals surface area contributed by atoms with Crippen molar-refractivity contribution in [1.29, 1.82) is 0 Å². The van der Waals surface area contributed by atoms with E-state index in [1.165, 1.54) is 16.9 Å². The van der Waals surface area contributed by atoms with Crippen LogP contribution in [-0.4, -0.2) is 6.61 Å². The van der Waals surface area contributed by atoms with Gasteiger partial charge < -0.3 is 4.74 Å². The van der Waals surface area contributed by atoms with Gasteiger partial charge in [0.1, 0.15) is 12.4 Å². The van der Waals surface area contributed by atoms with Crippen LogP contribution in [0.3, 0.4) is 0 Å². The highest BCUT2D eigenvalue weighted by atomic mass is 16.5. The lowest BCUT2D eigenvalue weighted by molar-refractivity contribution is 0.227. The molecule has 0 aromatic heterocycles. The average molecular weight is 148 g/mol. The predicted molar refractivity (Wildman–Crippen MR) is 45.1 cm³/mol. The van der Waals surface area contributed by atoms with Crippen LogP contribution in [0.15, 0.2) is 35.1 Å². The van der Waals surface area contributed by atoms with Crippen molar-refractivity contribution in [2.75, 3.05) is 6.61 Å². The van der Waals surface area contributed by atoms with Crippen molar-refractivity contribution in [1.82, 2.24) is 0 Å². The number of hydrogen-bond donors (Lipinski definition) is 0. The van der Waals surface area contributed by atoms with Crippen LogP contribution in [0.2, 0.25) is 0 Å². The van der Waals surface area contributed by atoms with Gasteiger partial charge in [-0.2, -0.15) is 0 Å². The molecule has 0 atom stereocenters. The minimum atomic E-state index is 0.756. The van der Waals surface area contributed by atoms with Gasteiger partial charge in [-0.15, -0.1) is 0 Å². The molecule has 1 aliphatic carbocycles. The lowest BCUT2D eigenvalue weighted by atomic mass is 9.98. The van der Waals surface area contributed by atoms with Gasteiger partial charge in [0.2, 0.25) is 0 Å². The Balaban J connectivity index is 2.33. The molecule has 0 saturated carbocycles. The summed E-state index contributed by atoms with van der Waals surface area (Å²) in [7, 11) is 0. The minimum Gasteiger partial charge on any atom is -0.493 e. The van der Waals surface area contributed by atoms with Crippen LogP contribution < -0.4 is 0 Å². The molecular formula is C10H12O. The molecule has 0 amide bonds. The Kier molecular flexibility index (Phi) is 1.57. The van der Waals surface area contributed by atoms with Crippen molar-refractivity contribution in [3.63, 3.8) is 0 Å². The first-order valence-electron chi connectivity index (χ1n) is 4.06. The van der Waals surface area contributed by atoms with Gasteiger partial charge in [-0.05, 0) is 19.4 Å². The molecule has 1 heterocycles. The molecule has 11 heavy (non-hydrogen) atoms. The molecule has 1 heteroatoms. The highest BCUT2D eigenvalue weighted by Gasteiger charge is 2.12. The first kappa shape index (κ1) is 6.71. The van der Waals surface area contributed by atoms with E-state index in [-0.39, 0.29) is 0 Å². The van der Waals surface area contributed by atoms with Crippen LogP contribution in [0.4, 0.5) is 0 Å². The van der Waals surface area contributed by atoms with Crippen molar-refractivity contribution in [2.24, 2.45) is 0 Å². The van der Waals surface area contributed by atoms with E-state index in [2.05, 4.69) is 25.2 Å². The molecule has 0 aromatic carbocycles. The Morgan fingerprint density at radius 2 is 2.27 bits per heavy atom. The van der Waals surface area contributed by atoms with Gasteiger partial charge in [-0.1, -0.05) is 17.7 Å². The largest absolute Gasteiger partial charge is 0.493 e. The monoisotopic (exact) mass is 148 g/mol. The van der Waals surface area contributed by atoms with E-state index in [4.69, 9.17) is 4.74 Å². The molecule has 0 saturated heterocycles. The highest BCUT2D eigenvalue weighted by molar-refractivity contribution is 5.40. The van der Waals surface area contributed by atoms with E-state index in [9.17, 15) is 0 Å². The average Bonchev–Trinajstić information content (AvgIpc) is 2.04. The zero-order valence-corrected chi connectivity index (χ0v) is 6.76. The molecule has 0 fully saturated rings. The molecule has 1 nitrogen and oxygen atoms in total. The third-order valence-electron chi connectivity index (χ3n) is 2.12. The zero-order chi connectivity index (χ0) is 7.68. The lowest BCUT2D eigenvalue weighted by Crippen LogP contribution is -2.04. The van der Waals surface area contributed by atoms with E-state index in [0.717, 1.165) is 19.4 Å². The van der Waals surface area contributed by atoms with Gasteiger partial charge in [-0.3, -0.25) is 0 Å². The quantitative estimate of drug-likeness (QED) is 0.513. The number of ether oxygens (including phenoxy) is 1. The maximum Gasteiger partial charge on any atom is 0.106 e. The fourth-order valence-electron chi connectivity index (χ4n) is 1.49. The second-order valence-corrected chi connectivity index (χ2v) is 3.08. The molecule has 0 aromatic rings. The maximum atomic E-state index is 5.48. The molecule has 0 radical (unpaired) electrons. The summed E-state index contributed by atoms with van der Waals surface area (Å²) in [5.74, 6) is 1.18. The molecule has 0 unspecified atom stereocenters. The smallest absolute Gasteiger partial charge is 0.106 e. The van der Waals surface area contributed by atoms with Gasteiger partial charge in [0.15, 0.2) is 0 Å². The fourth-order valence-corrected chi connectivity index (χ4v) is 1.49. The summed E-state index contributed by atoms with van der Waals surface area (Å²) in [6.45, 7) is 2.93. The SMILES string of the molecule is CC1=CC2=C(CC1)OCC=C2. The first-order chi connectivity index (χ1) is 5.36. The predicted octanol–water partition coefficient (Wildman–Crippen LogP) is 2.57. The Bertz CT molecular complexity index is 256. The van der Waals surface area contributed by atoms with Crippen molar-refractivity contribution in [3.05, 3.63) is 35.1 Å². The summed E-state index contributed by atoms with van der Waals surface area (Å²) in [5, 5.41) is 0. The van der Waals surface area contributed by atoms with Crippen molar-refractivity contribution in [2.45, 2.75) is 19.8 Å². The van der Waals surface area contributed by atoms with Gasteiger partial charge in [-0.25, -0.2) is 0 Å². The Morgan fingerprint density at radius 3 is 3.18 bits per heavy atom. The Hall–Kier alpha value is -0.980. The van der Waals surface area contributed by atoms with Crippen LogP contribution in [-0.2, 0) is 4.74 Å². The second-order valence-electron chi connectivity index (χ2n) is 3.08. The maximum absolute atomic E-state index is 5.48. The van der Waals surface area contributed by atoms with Crippen molar-refractivity contribution in [3.8, 4) is 0 Å². The topological polar surface area (TPSA) is 9.23 Å². The van der Waals surface area contributed by atoms with Crippen LogP contribution in [0.25, 0.3) is 0 Å².